The molecule has 2 aliphatic heterocycles. The standard InChI is InChI=1S/C13H26N2O/c1-11(2)15-7-4-12(10-15)14-8-5-13(16-3)6-9-14/h11-13H,4-10H2,1-3H3/t12-/m1/s1. The smallest absolute Gasteiger partial charge is 0.0595 e. The number of ether oxygens (including phenoxy) is 1. The van der Waals surface area contributed by atoms with Crippen molar-refractivity contribution in [2.45, 2.75) is 51.3 Å². The molecule has 0 spiro atoms. The molecule has 0 radical (unpaired) electrons. The van der Waals surface area contributed by atoms with Crippen LogP contribution in [-0.2, 0) is 4.74 Å². The van der Waals surface area contributed by atoms with Crippen molar-refractivity contribution in [3.8, 4) is 0 Å². The summed E-state index contributed by atoms with van der Waals surface area (Å²) in [6.07, 6.45) is 4.30. The molecule has 0 bridgehead atoms. The summed E-state index contributed by atoms with van der Waals surface area (Å²) in [7, 11) is 1.84. The second-order valence-corrected chi connectivity index (χ2v) is 5.50. The zero-order chi connectivity index (χ0) is 11.5. The van der Waals surface area contributed by atoms with Gasteiger partial charge in [-0.05, 0) is 33.1 Å². The van der Waals surface area contributed by atoms with Crippen LogP contribution < -0.4 is 0 Å². The summed E-state index contributed by atoms with van der Waals surface area (Å²) in [5.41, 5.74) is 0. The van der Waals surface area contributed by atoms with Gasteiger partial charge in [-0.3, -0.25) is 9.80 Å². The van der Waals surface area contributed by atoms with Crippen LogP contribution in [0.15, 0.2) is 0 Å². The molecule has 2 aliphatic rings. The molecule has 3 heteroatoms. The van der Waals surface area contributed by atoms with Gasteiger partial charge in [-0.1, -0.05) is 0 Å². The van der Waals surface area contributed by atoms with Crippen LogP contribution in [0.1, 0.15) is 33.1 Å². The third kappa shape index (κ3) is 2.76. The molecule has 2 rings (SSSR count). The molecule has 0 saturated carbocycles. The third-order valence-corrected chi connectivity index (χ3v) is 4.25. The van der Waals surface area contributed by atoms with Crippen molar-refractivity contribution in [2.75, 3.05) is 33.3 Å². The molecular formula is C13H26N2O. The Hall–Kier alpha value is -0.120. The minimum absolute atomic E-state index is 0.513. The van der Waals surface area contributed by atoms with Crippen molar-refractivity contribution in [2.24, 2.45) is 0 Å². The first kappa shape index (κ1) is 12.3. The number of hydrogen-bond donors (Lipinski definition) is 0. The van der Waals surface area contributed by atoms with Gasteiger partial charge in [0.15, 0.2) is 0 Å². The molecule has 0 N–H and O–H groups in total. The highest BCUT2D eigenvalue weighted by Crippen LogP contribution is 2.22. The van der Waals surface area contributed by atoms with E-state index in [1.54, 1.807) is 0 Å². The first-order valence-electron chi connectivity index (χ1n) is 6.71. The topological polar surface area (TPSA) is 15.7 Å². The van der Waals surface area contributed by atoms with Crippen LogP contribution in [0.5, 0.6) is 0 Å². The van der Waals surface area contributed by atoms with Gasteiger partial charge in [0.1, 0.15) is 0 Å². The van der Waals surface area contributed by atoms with Gasteiger partial charge in [-0.2, -0.15) is 0 Å². The predicted octanol–water partition coefficient (Wildman–Crippen LogP) is 1.58. The van der Waals surface area contributed by atoms with E-state index in [0.717, 1.165) is 6.04 Å². The Morgan fingerprint density at radius 2 is 1.75 bits per heavy atom. The van der Waals surface area contributed by atoms with E-state index < -0.39 is 0 Å². The molecule has 0 unspecified atom stereocenters. The van der Waals surface area contributed by atoms with Crippen LogP contribution in [0.25, 0.3) is 0 Å². The van der Waals surface area contributed by atoms with Gasteiger partial charge in [-0.25, -0.2) is 0 Å². The summed E-state index contributed by atoms with van der Waals surface area (Å²) < 4.78 is 5.42. The maximum absolute atomic E-state index is 5.42. The van der Waals surface area contributed by atoms with Crippen LogP contribution in [0.2, 0.25) is 0 Å². The molecule has 3 nitrogen and oxygen atoms in total. The van der Waals surface area contributed by atoms with Gasteiger partial charge >= 0.3 is 0 Å². The highest BCUT2D eigenvalue weighted by atomic mass is 16.5. The fourth-order valence-corrected chi connectivity index (χ4v) is 3.01. The lowest BCUT2D eigenvalue weighted by atomic mass is 10.1. The molecule has 2 heterocycles. The normalized spacial score (nSPS) is 30.4. The van der Waals surface area contributed by atoms with Gasteiger partial charge in [-0.15, -0.1) is 0 Å². The average molecular weight is 226 g/mol. The summed E-state index contributed by atoms with van der Waals surface area (Å²) in [5, 5.41) is 0. The fraction of sp³-hybridized carbons (Fsp3) is 1.00. The monoisotopic (exact) mass is 226 g/mol. The van der Waals surface area contributed by atoms with E-state index in [1.807, 2.05) is 7.11 Å². The van der Waals surface area contributed by atoms with Crippen molar-refractivity contribution in [1.82, 2.24) is 9.80 Å². The molecular weight excluding hydrogens is 200 g/mol. The van der Waals surface area contributed by atoms with Crippen molar-refractivity contribution in [3.05, 3.63) is 0 Å². The van der Waals surface area contributed by atoms with E-state index in [-0.39, 0.29) is 0 Å². The summed E-state index contributed by atoms with van der Waals surface area (Å²) in [5.74, 6) is 0. The molecule has 2 fully saturated rings. The Balaban J connectivity index is 1.78. The van der Waals surface area contributed by atoms with Crippen molar-refractivity contribution in [1.29, 1.82) is 0 Å². The second-order valence-electron chi connectivity index (χ2n) is 5.50. The van der Waals surface area contributed by atoms with E-state index in [4.69, 9.17) is 4.74 Å². The van der Waals surface area contributed by atoms with Crippen molar-refractivity contribution in [3.63, 3.8) is 0 Å². The van der Waals surface area contributed by atoms with E-state index in [1.165, 1.54) is 45.4 Å². The molecule has 1 atom stereocenters. The fourth-order valence-electron chi connectivity index (χ4n) is 3.01. The minimum atomic E-state index is 0.513. The van der Waals surface area contributed by atoms with Gasteiger partial charge in [0.25, 0.3) is 0 Å². The number of hydrogen-bond acceptors (Lipinski definition) is 3. The van der Waals surface area contributed by atoms with Crippen LogP contribution in [-0.4, -0.2) is 61.3 Å². The minimum Gasteiger partial charge on any atom is -0.381 e. The number of rotatable bonds is 3. The molecule has 16 heavy (non-hydrogen) atoms. The molecule has 2 saturated heterocycles. The predicted molar refractivity (Wildman–Crippen MR) is 66.7 cm³/mol. The molecule has 0 aliphatic carbocycles. The van der Waals surface area contributed by atoms with E-state index in [2.05, 4.69) is 23.6 Å². The molecule has 0 aromatic heterocycles. The SMILES string of the molecule is COC1CCN([C@@H]2CCN(C(C)C)C2)CC1. The van der Waals surface area contributed by atoms with E-state index >= 15 is 0 Å². The first-order valence-corrected chi connectivity index (χ1v) is 6.71. The van der Waals surface area contributed by atoms with Crippen LogP contribution in [0, 0.1) is 0 Å². The largest absolute Gasteiger partial charge is 0.381 e. The van der Waals surface area contributed by atoms with E-state index in [0.29, 0.717) is 12.1 Å². The van der Waals surface area contributed by atoms with Gasteiger partial charge in [0, 0.05) is 45.4 Å². The Kier molecular flexibility index (Phi) is 4.22. The lowest BCUT2D eigenvalue weighted by molar-refractivity contribution is 0.0280. The molecule has 0 amide bonds. The number of likely N-dealkylation sites (tertiary alicyclic amines) is 2. The lowest BCUT2D eigenvalue weighted by Crippen LogP contribution is -2.44. The highest BCUT2D eigenvalue weighted by molar-refractivity contribution is 4.87. The number of nitrogens with zero attached hydrogens (tertiary/aromatic N) is 2. The van der Waals surface area contributed by atoms with Crippen molar-refractivity contribution < 1.29 is 4.74 Å². The van der Waals surface area contributed by atoms with Gasteiger partial charge in [0.05, 0.1) is 6.10 Å². The first-order chi connectivity index (χ1) is 7.70. The third-order valence-electron chi connectivity index (χ3n) is 4.25. The van der Waals surface area contributed by atoms with Crippen LogP contribution in [0.4, 0.5) is 0 Å². The van der Waals surface area contributed by atoms with Crippen molar-refractivity contribution >= 4 is 0 Å². The summed E-state index contributed by atoms with van der Waals surface area (Å²) in [6.45, 7) is 9.63. The summed E-state index contributed by atoms with van der Waals surface area (Å²) >= 11 is 0. The number of methoxy groups -OCH3 is 1. The summed E-state index contributed by atoms with van der Waals surface area (Å²) in [4.78, 5) is 5.28. The quantitative estimate of drug-likeness (QED) is 0.726. The van der Waals surface area contributed by atoms with Crippen LogP contribution >= 0.6 is 0 Å². The molecule has 0 aromatic carbocycles. The average Bonchev–Trinajstić information content (AvgIpc) is 2.78. The Morgan fingerprint density at radius 3 is 2.25 bits per heavy atom. The van der Waals surface area contributed by atoms with E-state index in [9.17, 15) is 0 Å². The van der Waals surface area contributed by atoms with Crippen LogP contribution in [0.3, 0.4) is 0 Å². The highest BCUT2D eigenvalue weighted by Gasteiger charge is 2.31. The van der Waals surface area contributed by atoms with Gasteiger partial charge in [0.2, 0.25) is 0 Å². The maximum atomic E-state index is 5.42. The summed E-state index contributed by atoms with van der Waals surface area (Å²) in [6, 6.07) is 1.52. The zero-order valence-electron chi connectivity index (χ0n) is 11.0. The zero-order valence-corrected chi connectivity index (χ0v) is 11.0. The second kappa shape index (κ2) is 5.48. The Labute approximate surface area is 99.7 Å². The molecule has 94 valence electrons. The number of piperidine rings is 1. The lowest BCUT2D eigenvalue weighted by Gasteiger charge is -2.35. The maximum Gasteiger partial charge on any atom is 0.0595 e. The van der Waals surface area contributed by atoms with Gasteiger partial charge < -0.3 is 4.74 Å². The molecule has 0 aromatic rings. The Bertz CT molecular complexity index is 212. The Morgan fingerprint density at radius 1 is 1.06 bits per heavy atom.